The third-order valence-corrected chi connectivity index (χ3v) is 6.98. The second kappa shape index (κ2) is 15.8. The lowest BCUT2D eigenvalue weighted by Gasteiger charge is -2.25. The number of aromatic nitrogens is 1. The standard InChI is InChI=1S/C30H37N7O7/c31-20(10-12-25(32)38)27(40)36-24(15-18-16-34-21-9-5-4-8-19(18)21)29(42)37-23(14-17-6-2-1-3-7-17)28(41)35-22(30(43)44)11-13-26(33)39/h1-9,16,20,22-24,34H,10-15,31H2,(H2,32,38)(H2,33,39)(H,35,41)(H,36,40)(H,37,42)(H,43,44). The van der Waals surface area contributed by atoms with E-state index in [4.69, 9.17) is 17.2 Å². The Morgan fingerprint density at radius 3 is 1.89 bits per heavy atom. The minimum Gasteiger partial charge on any atom is -0.480 e. The maximum absolute atomic E-state index is 13.8. The number of para-hydroxylation sites is 1. The number of nitrogens with one attached hydrogen (secondary N) is 4. The number of amides is 5. The minimum absolute atomic E-state index is 0.00749. The predicted octanol–water partition coefficient (Wildman–Crippen LogP) is -0.650. The van der Waals surface area contributed by atoms with Gasteiger partial charge in [0.1, 0.15) is 18.1 Å². The first-order valence-corrected chi connectivity index (χ1v) is 14.0. The highest BCUT2D eigenvalue weighted by atomic mass is 16.4. The van der Waals surface area contributed by atoms with Gasteiger partial charge in [0.25, 0.3) is 0 Å². The molecule has 0 aliphatic heterocycles. The van der Waals surface area contributed by atoms with Gasteiger partial charge in [0.15, 0.2) is 0 Å². The number of carboxylic acids is 1. The first-order valence-electron chi connectivity index (χ1n) is 14.0. The first kappa shape index (κ1) is 33.3. The fraction of sp³-hybridized carbons (Fsp3) is 0.333. The molecule has 1 heterocycles. The highest BCUT2D eigenvalue weighted by molar-refractivity contribution is 5.95. The summed E-state index contributed by atoms with van der Waals surface area (Å²) in [6.45, 7) is 0. The van der Waals surface area contributed by atoms with Crippen LogP contribution in [0.1, 0.15) is 36.8 Å². The van der Waals surface area contributed by atoms with Gasteiger partial charge < -0.3 is 43.2 Å². The van der Waals surface area contributed by atoms with Crippen LogP contribution in [0.2, 0.25) is 0 Å². The molecule has 0 radical (unpaired) electrons. The zero-order valence-electron chi connectivity index (χ0n) is 24.0. The topological polar surface area (TPSA) is 253 Å². The van der Waals surface area contributed by atoms with E-state index in [0.717, 1.165) is 10.9 Å². The summed E-state index contributed by atoms with van der Waals surface area (Å²) in [7, 11) is 0. The van der Waals surface area contributed by atoms with Crippen molar-refractivity contribution in [2.24, 2.45) is 17.2 Å². The van der Waals surface area contributed by atoms with Crippen LogP contribution in [0.25, 0.3) is 10.9 Å². The van der Waals surface area contributed by atoms with Crippen LogP contribution in [0.3, 0.4) is 0 Å². The summed E-state index contributed by atoms with van der Waals surface area (Å²) in [5, 5.41) is 18.1. The third kappa shape index (κ3) is 9.94. The Morgan fingerprint density at radius 1 is 0.705 bits per heavy atom. The van der Waals surface area contributed by atoms with Crippen LogP contribution >= 0.6 is 0 Å². The second-order valence-corrected chi connectivity index (χ2v) is 10.4. The fourth-order valence-electron chi connectivity index (χ4n) is 4.58. The molecule has 0 spiro atoms. The van der Waals surface area contributed by atoms with E-state index in [9.17, 15) is 33.9 Å². The molecule has 0 fully saturated rings. The lowest BCUT2D eigenvalue weighted by molar-refractivity contribution is -0.142. The van der Waals surface area contributed by atoms with Gasteiger partial charge in [0.2, 0.25) is 29.5 Å². The molecule has 0 bridgehead atoms. The Labute approximate surface area is 253 Å². The van der Waals surface area contributed by atoms with Crippen LogP contribution in [0.15, 0.2) is 60.8 Å². The zero-order chi connectivity index (χ0) is 32.2. The quantitative estimate of drug-likeness (QED) is 0.0976. The Bertz CT molecular complexity index is 1490. The Hall–Kier alpha value is -5.24. The van der Waals surface area contributed by atoms with Crippen molar-refractivity contribution in [1.29, 1.82) is 0 Å². The number of benzene rings is 2. The number of H-pyrrole nitrogens is 1. The van der Waals surface area contributed by atoms with E-state index in [1.165, 1.54) is 0 Å². The lowest BCUT2D eigenvalue weighted by Crippen LogP contribution is -2.58. The van der Waals surface area contributed by atoms with Gasteiger partial charge in [0.05, 0.1) is 6.04 Å². The van der Waals surface area contributed by atoms with E-state index in [1.54, 1.807) is 36.5 Å². The van der Waals surface area contributed by atoms with Crippen LogP contribution < -0.4 is 33.2 Å². The van der Waals surface area contributed by atoms with Crippen LogP contribution in [0, 0.1) is 0 Å². The second-order valence-electron chi connectivity index (χ2n) is 10.4. The SMILES string of the molecule is NC(=O)CCC(N)C(=O)NC(Cc1c[nH]c2ccccc12)C(=O)NC(Cc1ccccc1)C(=O)NC(CCC(N)=O)C(=O)O. The van der Waals surface area contributed by atoms with Crippen molar-refractivity contribution >= 4 is 46.4 Å². The van der Waals surface area contributed by atoms with Crippen LogP contribution in [0.4, 0.5) is 0 Å². The van der Waals surface area contributed by atoms with E-state index in [-0.39, 0.29) is 38.5 Å². The summed E-state index contributed by atoms with van der Waals surface area (Å²) in [4.78, 5) is 77.4. The molecule has 5 amide bonds. The van der Waals surface area contributed by atoms with Gasteiger partial charge in [0, 0.05) is 42.8 Å². The molecule has 0 saturated heterocycles. The maximum atomic E-state index is 13.8. The number of hydrogen-bond acceptors (Lipinski definition) is 7. The molecule has 0 aliphatic carbocycles. The molecule has 11 N–H and O–H groups in total. The molecular weight excluding hydrogens is 570 g/mol. The molecular formula is C30H37N7O7. The summed E-state index contributed by atoms with van der Waals surface area (Å²) < 4.78 is 0. The smallest absolute Gasteiger partial charge is 0.326 e. The van der Waals surface area contributed by atoms with Crippen LogP contribution in [0.5, 0.6) is 0 Å². The summed E-state index contributed by atoms with van der Waals surface area (Å²) in [5.74, 6) is -4.98. The zero-order valence-corrected chi connectivity index (χ0v) is 24.0. The van der Waals surface area contributed by atoms with Crippen molar-refractivity contribution in [3.63, 3.8) is 0 Å². The number of carboxylic acid groups (broad SMARTS) is 1. The molecule has 14 heteroatoms. The maximum Gasteiger partial charge on any atom is 0.326 e. The summed E-state index contributed by atoms with van der Waals surface area (Å²) in [6.07, 6.45) is 1.02. The Kier molecular flexibility index (Phi) is 12.0. The first-order chi connectivity index (χ1) is 20.9. The Balaban J connectivity index is 1.88. The molecule has 4 unspecified atom stereocenters. The third-order valence-electron chi connectivity index (χ3n) is 6.98. The van der Waals surface area contributed by atoms with E-state index in [2.05, 4.69) is 20.9 Å². The van der Waals surface area contributed by atoms with Gasteiger partial charge in [-0.15, -0.1) is 0 Å². The fourth-order valence-corrected chi connectivity index (χ4v) is 4.58. The number of primary amides is 2. The summed E-state index contributed by atoms with van der Waals surface area (Å²) in [6, 6.07) is 11.1. The molecule has 14 nitrogen and oxygen atoms in total. The largest absolute Gasteiger partial charge is 0.480 e. The molecule has 0 saturated carbocycles. The highest BCUT2D eigenvalue weighted by Gasteiger charge is 2.31. The van der Waals surface area contributed by atoms with Crippen LogP contribution in [-0.2, 0) is 41.6 Å². The monoisotopic (exact) mass is 607 g/mol. The van der Waals surface area contributed by atoms with Crippen molar-refractivity contribution in [2.45, 2.75) is 62.7 Å². The van der Waals surface area contributed by atoms with Gasteiger partial charge in [-0.2, -0.15) is 0 Å². The van der Waals surface area contributed by atoms with Crippen LogP contribution in [-0.4, -0.2) is 69.8 Å². The van der Waals surface area contributed by atoms with E-state index in [0.29, 0.717) is 11.1 Å². The number of carbonyl (C=O) groups excluding carboxylic acids is 5. The molecule has 44 heavy (non-hydrogen) atoms. The molecule has 3 aromatic rings. The van der Waals surface area contributed by atoms with Gasteiger partial charge >= 0.3 is 5.97 Å². The lowest BCUT2D eigenvalue weighted by atomic mass is 10.0. The van der Waals surface area contributed by atoms with Gasteiger partial charge in [-0.05, 0) is 30.0 Å². The Morgan fingerprint density at radius 2 is 1.25 bits per heavy atom. The predicted molar refractivity (Wildman–Crippen MR) is 160 cm³/mol. The number of fused-ring (bicyclic) bond motifs is 1. The van der Waals surface area contributed by atoms with Crippen molar-refractivity contribution in [2.75, 3.05) is 0 Å². The van der Waals surface area contributed by atoms with Crippen molar-refractivity contribution in [3.8, 4) is 0 Å². The van der Waals surface area contributed by atoms with Gasteiger partial charge in [-0.1, -0.05) is 48.5 Å². The molecule has 234 valence electrons. The van der Waals surface area contributed by atoms with E-state index < -0.39 is 59.7 Å². The molecule has 3 rings (SSSR count). The highest BCUT2D eigenvalue weighted by Crippen LogP contribution is 2.19. The van der Waals surface area contributed by atoms with Gasteiger partial charge in [-0.25, -0.2) is 4.79 Å². The molecule has 2 aromatic carbocycles. The molecule has 1 aromatic heterocycles. The summed E-state index contributed by atoms with van der Waals surface area (Å²) in [5.41, 5.74) is 18.5. The van der Waals surface area contributed by atoms with Crippen molar-refractivity contribution in [3.05, 3.63) is 71.9 Å². The minimum atomic E-state index is -1.44. The number of aromatic amines is 1. The number of carbonyl (C=O) groups is 6. The van der Waals surface area contributed by atoms with Gasteiger partial charge in [-0.3, -0.25) is 24.0 Å². The average Bonchev–Trinajstić information content (AvgIpc) is 3.40. The number of rotatable bonds is 17. The van der Waals surface area contributed by atoms with E-state index in [1.807, 2.05) is 24.3 Å². The van der Waals surface area contributed by atoms with Crippen molar-refractivity contribution in [1.82, 2.24) is 20.9 Å². The average molecular weight is 608 g/mol. The summed E-state index contributed by atoms with van der Waals surface area (Å²) >= 11 is 0. The number of nitrogens with two attached hydrogens (primary N) is 3. The normalized spacial score (nSPS) is 13.7. The number of aliphatic carboxylic acids is 1. The van der Waals surface area contributed by atoms with E-state index >= 15 is 0 Å². The number of hydrogen-bond donors (Lipinski definition) is 8. The molecule has 4 atom stereocenters. The molecule has 0 aliphatic rings. The van der Waals surface area contributed by atoms with Crippen molar-refractivity contribution < 1.29 is 33.9 Å².